The van der Waals surface area contributed by atoms with Crippen LogP contribution in [0, 0.1) is 23.2 Å². The van der Waals surface area contributed by atoms with Gasteiger partial charge < -0.3 is 14.0 Å². The van der Waals surface area contributed by atoms with Crippen LogP contribution in [0.1, 0.15) is 51.4 Å². The van der Waals surface area contributed by atoms with E-state index < -0.39 is 5.60 Å². The van der Waals surface area contributed by atoms with Crippen LogP contribution < -0.4 is 5.46 Å². The van der Waals surface area contributed by atoms with Crippen molar-refractivity contribution in [1.29, 1.82) is 0 Å². The average molecular weight is 340 g/mol. The molecule has 25 heavy (non-hydrogen) atoms. The minimum atomic E-state index is -0.505. The van der Waals surface area contributed by atoms with Gasteiger partial charge >= 0.3 is 13.1 Å². The van der Waals surface area contributed by atoms with Crippen LogP contribution in [0.3, 0.4) is 0 Å². The van der Waals surface area contributed by atoms with Crippen LogP contribution in [-0.4, -0.2) is 30.4 Å². The molecule has 0 spiro atoms. The topological polar surface area (TPSA) is 44.8 Å². The van der Waals surface area contributed by atoms with E-state index in [1.54, 1.807) is 6.07 Å². The molecule has 6 atom stereocenters. The van der Waals surface area contributed by atoms with Gasteiger partial charge in [-0.3, -0.25) is 0 Å². The highest BCUT2D eigenvalue weighted by Crippen LogP contribution is 2.91. The molecule has 3 unspecified atom stereocenters. The van der Waals surface area contributed by atoms with Crippen molar-refractivity contribution < 1.29 is 18.8 Å². The van der Waals surface area contributed by atoms with Gasteiger partial charge in [0.05, 0.1) is 17.3 Å². The first-order valence-electron chi connectivity index (χ1n) is 9.31. The number of hydrogen-bond donors (Lipinski definition) is 0. The number of carbonyl (C=O) groups excluding carboxylic acids is 1. The van der Waals surface area contributed by atoms with E-state index in [1.165, 1.54) is 0 Å². The van der Waals surface area contributed by atoms with Crippen molar-refractivity contribution in [2.45, 2.75) is 58.3 Å². The quantitative estimate of drug-likeness (QED) is 0.613. The molecule has 6 rings (SSSR count). The van der Waals surface area contributed by atoms with Crippen molar-refractivity contribution in [1.82, 2.24) is 0 Å². The number of benzene rings is 1. The van der Waals surface area contributed by atoms with E-state index in [4.69, 9.17) is 14.0 Å². The van der Waals surface area contributed by atoms with Crippen molar-refractivity contribution in [2.24, 2.45) is 23.2 Å². The van der Waals surface area contributed by atoms with Crippen LogP contribution in [0.5, 0.6) is 0 Å². The highest BCUT2D eigenvalue weighted by molar-refractivity contribution is 6.62. The van der Waals surface area contributed by atoms with Crippen molar-refractivity contribution >= 4 is 18.6 Å². The van der Waals surface area contributed by atoms with Gasteiger partial charge in [0.1, 0.15) is 5.60 Å². The third kappa shape index (κ3) is 2.06. The number of esters is 1. The first-order chi connectivity index (χ1) is 11.6. The summed E-state index contributed by atoms with van der Waals surface area (Å²) in [6.07, 6.45) is 1.28. The van der Waals surface area contributed by atoms with Crippen molar-refractivity contribution in [2.75, 3.05) is 0 Å². The standard InChI is InChI=1S/C20H25BO4/c1-18(2,3)23-17(22)11-7-6-8-12(9-11)21-24-14-10-13-15-16(19(13,15)4)20(14,5)25-21/h6-9,13-16H,10H2,1-5H3/t13-,14?,15?,16+,19?,20-/m1/s1. The fourth-order valence-electron chi connectivity index (χ4n) is 5.65. The lowest BCUT2D eigenvalue weighted by Crippen LogP contribution is -2.49. The molecule has 0 radical (unpaired) electrons. The van der Waals surface area contributed by atoms with Crippen LogP contribution in [0.25, 0.3) is 0 Å². The summed E-state index contributed by atoms with van der Waals surface area (Å²) >= 11 is 0. The zero-order valence-corrected chi connectivity index (χ0v) is 15.5. The van der Waals surface area contributed by atoms with Gasteiger partial charge in [-0.15, -0.1) is 0 Å². The molecule has 2 bridgehead atoms. The lowest BCUT2D eigenvalue weighted by atomic mass is 9.71. The smallest absolute Gasteiger partial charge is 0.456 e. The third-order valence-electron chi connectivity index (χ3n) is 6.93. The molecule has 4 nitrogen and oxygen atoms in total. The maximum Gasteiger partial charge on any atom is 0.494 e. The summed E-state index contributed by atoms with van der Waals surface area (Å²) in [5.41, 5.74) is 1.27. The SMILES string of the molecule is CC(C)(C)OC(=O)c1cccc(B2OC3C[C@@H]4C5[C@@H](C54C)[C@]3(C)O2)c1. The highest BCUT2D eigenvalue weighted by atomic mass is 16.7. The second kappa shape index (κ2) is 4.50. The van der Waals surface area contributed by atoms with Gasteiger partial charge in [-0.1, -0.05) is 19.1 Å². The first-order valence-corrected chi connectivity index (χ1v) is 9.31. The summed E-state index contributed by atoms with van der Waals surface area (Å²) in [7, 11) is -0.389. The predicted molar refractivity (Wildman–Crippen MR) is 94.6 cm³/mol. The zero-order chi connectivity index (χ0) is 17.8. The Morgan fingerprint density at radius 3 is 2.72 bits per heavy atom. The monoisotopic (exact) mass is 340 g/mol. The van der Waals surface area contributed by atoms with Gasteiger partial charge in [0.15, 0.2) is 0 Å². The summed E-state index contributed by atoms with van der Waals surface area (Å²) < 4.78 is 18.2. The molecule has 0 N–H and O–H groups in total. The summed E-state index contributed by atoms with van der Waals surface area (Å²) in [4.78, 5) is 12.3. The minimum absolute atomic E-state index is 0.171. The maximum absolute atomic E-state index is 12.3. The van der Waals surface area contributed by atoms with Crippen LogP contribution in [0.15, 0.2) is 24.3 Å². The number of carbonyl (C=O) groups is 1. The molecule has 4 aliphatic carbocycles. The lowest BCUT2D eigenvalue weighted by Gasteiger charge is -2.42. The second-order valence-corrected chi connectivity index (χ2v) is 9.60. The number of ether oxygens (including phenoxy) is 1. The van der Waals surface area contributed by atoms with E-state index in [2.05, 4.69) is 13.8 Å². The second-order valence-electron chi connectivity index (χ2n) is 9.60. The van der Waals surface area contributed by atoms with E-state index in [1.807, 2.05) is 39.0 Å². The Balaban J connectivity index is 1.37. The normalized spacial score (nSPS) is 43.3. The van der Waals surface area contributed by atoms with Gasteiger partial charge in [-0.25, -0.2) is 4.79 Å². The lowest BCUT2D eigenvalue weighted by molar-refractivity contribution is -0.0475. The summed E-state index contributed by atoms with van der Waals surface area (Å²) in [6, 6.07) is 7.47. The Bertz CT molecular complexity index is 771. The largest absolute Gasteiger partial charge is 0.494 e. The van der Waals surface area contributed by atoms with Gasteiger partial charge in [-0.2, -0.15) is 0 Å². The van der Waals surface area contributed by atoms with E-state index in [0.29, 0.717) is 16.9 Å². The summed E-state index contributed by atoms with van der Waals surface area (Å²) in [5.74, 6) is 2.02. The van der Waals surface area contributed by atoms with Gasteiger partial charge in [0.25, 0.3) is 0 Å². The molecular weight excluding hydrogens is 315 g/mol. The first kappa shape index (κ1) is 15.9. The number of rotatable bonds is 2. The van der Waals surface area contributed by atoms with Crippen LogP contribution in [-0.2, 0) is 14.0 Å². The van der Waals surface area contributed by atoms with Gasteiger partial charge in [0.2, 0.25) is 0 Å². The Kier molecular flexibility index (Phi) is 2.86. The molecule has 1 aromatic carbocycles. The Morgan fingerprint density at radius 1 is 1.32 bits per heavy atom. The molecule has 0 amide bonds. The molecule has 5 heteroatoms. The summed E-state index contributed by atoms with van der Waals surface area (Å²) in [6.45, 7) is 10.2. The molecule has 4 saturated carbocycles. The maximum atomic E-state index is 12.3. The summed E-state index contributed by atoms with van der Waals surface area (Å²) in [5, 5.41) is 0. The van der Waals surface area contributed by atoms with E-state index in [-0.39, 0.29) is 24.8 Å². The van der Waals surface area contributed by atoms with Crippen LogP contribution >= 0.6 is 0 Å². The molecule has 5 aliphatic rings. The molecule has 1 saturated heterocycles. The van der Waals surface area contributed by atoms with Crippen molar-refractivity contribution in [3.8, 4) is 0 Å². The van der Waals surface area contributed by atoms with E-state index in [9.17, 15) is 4.79 Å². The van der Waals surface area contributed by atoms with Crippen molar-refractivity contribution in [3.05, 3.63) is 29.8 Å². The molecule has 5 fully saturated rings. The molecule has 1 aromatic rings. The molecule has 132 valence electrons. The Labute approximate surface area is 149 Å². The predicted octanol–water partition coefficient (Wildman–Crippen LogP) is 2.80. The molecule has 1 aliphatic heterocycles. The fourth-order valence-corrected chi connectivity index (χ4v) is 5.65. The van der Waals surface area contributed by atoms with E-state index in [0.717, 1.165) is 23.7 Å². The van der Waals surface area contributed by atoms with Crippen LogP contribution in [0.2, 0.25) is 0 Å². The molecule has 0 aromatic heterocycles. The van der Waals surface area contributed by atoms with Gasteiger partial charge in [-0.05, 0) is 74.9 Å². The minimum Gasteiger partial charge on any atom is -0.456 e. The molecular formula is C20H25BO4. The Hall–Kier alpha value is -1.33. The van der Waals surface area contributed by atoms with Crippen LogP contribution in [0.4, 0.5) is 0 Å². The Morgan fingerprint density at radius 2 is 2.04 bits per heavy atom. The zero-order valence-electron chi connectivity index (χ0n) is 15.5. The van der Waals surface area contributed by atoms with Gasteiger partial charge in [0, 0.05) is 0 Å². The number of hydrogen-bond acceptors (Lipinski definition) is 4. The van der Waals surface area contributed by atoms with E-state index >= 15 is 0 Å². The third-order valence-corrected chi connectivity index (χ3v) is 6.93. The fraction of sp³-hybridized carbons (Fsp3) is 0.650. The molecule has 1 heterocycles. The highest BCUT2D eigenvalue weighted by Gasteiger charge is 2.91. The average Bonchev–Trinajstić information content (AvgIpc) is 3.27. The van der Waals surface area contributed by atoms with Crippen molar-refractivity contribution in [3.63, 3.8) is 0 Å².